The van der Waals surface area contributed by atoms with Crippen LogP contribution in [0.1, 0.15) is 27.6 Å². The van der Waals surface area contributed by atoms with Gasteiger partial charge in [0.1, 0.15) is 5.75 Å². The summed E-state index contributed by atoms with van der Waals surface area (Å²) in [5.41, 5.74) is 4.64. The van der Waals surface area contributed by atoms with E-state index >= 15 is 0 Å². The van der Waals surface area contributed by atoms with Crippen molar-refractivity contribution < 1.29 is 4.74 Å². The minimum atomic E-state index is -0.152. The molecule has 100 valence electrons. The summed E-state index contributed by atoms with van der Waals surface area (Å²) >= 11 is 10.1. The normalized spacial score (nSPS) is 12.3. The number of hydrogen-bond acceptors (Lipinski definition) is 1. The lowest BCUT2D eigenvalue weighted by Crippen LogP contribution is -1.96. The molecule has 0 radical (unpaired) electrons. The van der Waals surface area contributed by atoms with Gasteiger partial charge in [-0.1, -0.05) is 35.4 Å². The van der Waals surface area contributed by atoms with Gasteiger partial charge in [-0.05, 0) is 53.0 Å². The Morgan fingerprint density at radius 3 is 2.16 bits per heavy atom. The first-order chi connectivity index (χ1) is 9.01. The van der Waals surface area contributed by atoms with E-state index in [0.29, 0.717) is 0 Å². The van der Waals surface area contributed by atoms with Gasteiger partial charge in [-0.15, -0.1) is 11.6 Å². The lowest BCUT2D eigenvalue weighted by Gasteiger charge is -2.14. The predicted octanol–water partition coefficient (Wildman–Crippen LogP) is 5.40. The fraction of sp³-hybridized carbons (Fsp3) is 0.250. The second-order valence-electron chi connectivity index (χ2n) is 4.68. The molecule has 0 fully saturated rings. The van der Waals surface area contributed by atoms with Gasteiger partial charge in [0.05, 0.1) is 17.0 Å². The van der Waals surface area contributed by atoms with Gasteiger partial charge in [-0.3, -0.25) is 0 Å². The summed E-state index contributed by atoms with van der Waals surface area (Å²) < 4.78 is 6.15. The van der Waals surface area contributed by atoms with Gasteiger partial charge in [0.2, 0.25) is 0 Å². The van der Waals surface area contributed by atoms with Crippen LogP contribution in [0.4, 0.5) is 0 Å². The van der Waals surface area contributed by atoms with Gasteiger partial charge in [-0.2, -0.15) is 0 Å². The second kappa shape index (κ2) is 5.98. The summed E-state index contributed by atoms with van der Waals surface area (Å²) in [6, 6.07) is 12.3. The summed E-state index contributed by atoms with van der Waals surface area (Å²) in [5.74, 6) is 0.813. The van der Waals surface area contributed by atoms with E-state index in [1.165, 1.54) is 11.1 Å². The summed E-state index contributed by atoms with van der Waals surface area (Å²) in [7, 11) is 1.65. The van der Waals surface area contributed by atoms with E-state index in [4.69, 9.17) is 16.3 Å². The molecule has 0 N–H and O–H groups in total. The smallest absolute Gasteiger partial charge is 0.133 e. The molecule has 0 aliphatic heterocycles. The zero-order valence-electron chi connectivity index (χ0n) is 11.2. The second-order valence-corrected chi connectivity index (χ2v) is 5.97. The van der Waals surface area contributed by atoms with Crippen molar-refractivity contribution in [2.75, 3.05) is 7.11 Å². The van der Waals surface area contributed by atoms with E-state index in [1.54, 1.807) is 7.11 Å². The molecule has 0 bridgehead atoms. The molecule has 2 rings (SSSR count). The molecule has 3 heteroatoms. The Morgan fingerprint density at radius 1 is 1.00 bits per heavy atom. The van der Waals surface area contributed by atoms with Crippen LogP contribution in [0.3, 0.4) is 0 Å². The number of methoxy groups -OCH3 is 1. The molecule has 2 aromatic carbocycles. The third-order valence-corrected chi connectivity index (χ3v) is 4.13. The van der Waals surface area contributed by atoms with Crippen molar-refractivity contribution in [2.45, 2.75) is 19.2 Å². The third kappa shape index (κ3) is 3.31. The van der Waals surface area contributed by atoms with Crippen LogP contribution in [0.15, 0.2) is 40.9 Å². The highest BCUT2D eigenvalue weighted by Gasteiger charge is 2.13. The van der Waals surface area contributed by atoms with E-state index in [-0.39, 0.29) is 5.38 Å². The van der Waals surface area contributed by atoms with Crippen molar-refractivity contribution in [3.63, 3.8) is 0 Å². The van der Waals surface area contributed by atoms with Crippen molar-refractivity contribution in [1.82, 2.24) is 0 Å². The zero-order chi connectivity index (χ0) is 14.0. The van der Waals surface area contributed by atoms with Crippen molar-refractivity contribution in [2.24, 2.45) is 0 Å². The number of halogens is 2. The Hall–Kier alpha value is -0.990. The average Bonchev–Trinajstić information content (AvgIpc) is 2.36. The van der Waals surface area contributed by atoms with E-state index < -0.39 is 0 Å². The Bertz CT molecular complexity index is 575. The third-order valence-electron chi connectivity index (χ3n) is 3.01. The van der Waals surface area contributed by atoms with E-state index in [2.05, 4.69) is 48.0 Å². The number of alkyl halides is 1. The molecule has 1 unspecified atom stereocenters. The SMILES string of the molecule is COc1ccc(C(Cl)c2cc(C)cc(C)c2)cc1Br. The Labute approximate surface area is 127 Å². The largest absolute Gasteiger partial charge is 0.496 e. The van der Waals surface area contributed by atoms with Crippen LogP contribution in [-0.4, -0.2) is 7.11 Å². The van der Waals surface area contributed by atoms with Gasteiger partial charge < -0.3 is 4.74 Å². The molecule has 0 heterocycles. The molecular weight excluding hydrogens is 324 g/mol. The van der Waals surface area contributed by atoms with Crippen LogP contribution in [0.25, 0.3) is 0 Å². The van der Waals surface area contributed by atoms with E-state index in [0.717, 1.165) is 21.3 Å². The van der Waals surface area contributed by atoms with Crippen molar-refractivity contribution in [3.8, 4) is 5.75 Å². The summed E-state index contributed by atoms with van der Waals surface area (Å²) in [6.07, 6.45) is 0. The first-order valence-corrected chi connectivity index (χ1v) is 7.30. The molecule has 0 amide bonds. The number of aryl methyl sites for hydroxylation is 2. The molecule has 0 saturated heterocycles. The Morgan fingerprint density at radius 2 is 1.63 bits per heavy atom. The highest BCUT2D eigenvalue weighted by molar-refractivity contribution is 9.10. The number of hydrogen-bond donors (Lipinski definition) is 0. The Kier molecular flexibility index (Phi) is 4.54. The van der Waals surface area contributed by atoms with Crippen LogP contribution in [0, 0.1) is 13.8 Å². The van der Waals surface area contributed by atoms with Crippen LogP contribution >= 0.6 is 27.5 Å². The fourth-order valence-electron chi connectivity index (χ4n) is 2.19. The van der Waals surface area contributed by atoms with Crippen molar-refractivity contribution in [3.05, 3.63) is 63.1 Å². The molecule has 0 spiro atoms. The average molecular weight is 340 g/mol. The molecule has 0 aromatic heterocycles. The van der Waals surface area contributed by atoms with Crippen LogP contribution in [0.2, 0.25) is 0 Å². The number of rotatable bonds is 3. The van der Waals surface area contributed by atoms with Gasteiger partial charge in [0, 0.05) is 0 Å². The number of ether oxygens (including phenoxy) is 1. The summed E-state index contributed by atoms with van der Waals surface area (Å²) in [4.78, 5) is 0. The topological polar surface area (TPSA) is 9.23 Å². The standard InChI is InChI=1S/C16H16BrClO/c1-10-6-11(2)8-13(7-10)16(18)12-4-5-15(19-3)14(17)9-12/h4-9,16H,1-3H3. The van der Waals surface area contributed by atoms with Crippen LogP contribution < -0.4 is 4.74 Å². The summed E-state index contributed by atoms with van der Waals surface area (Å²) in [5, 5.41) is -0.152. The zero-order valence-corrected chi connectivity index (χ0v) is 13.5. The van der Waals surface area contributed by atoms with Gasteiger partial charge in [0.25, 0.3) is 0 Å². The maximum Gasteiger partial charge on any atom is 0.133 e. The quantitative estimate of drug-likeness (QED) is 0.680. The fourth-order valence-corrected chi connectivity index (χ4v) is 3.01. The van der Waals surface area contributed by atoms with Crippen LogP contribution in [0.5, 0.6) is 5.75 Å². The Balaban J connectivity index is 2.38. The maximum atomic E-state index is 6.58. The molecule has 19 heavy (non-hydrogen) atoms. The van der Waals surface area contributed by atoms with Crippen LogP contribution in [-0.2, 0) is 0 Å². The first-order valence-electron chi connectivity index (χ1n) is 6.07. The van der Waals surface area contributed by atoms with E-state index in [1.807, 2.05) is 18.2 Å². The number of benzene rings is 2. The molecule has 1 nitrogen and oxygen atoms in total. The minimum absolute atomic E-state index is 0.152. The first kappa shape index (κ1) is 14.4. The molecular formula is C16H16BrClO. The lowest BCUT2D eigenvalue weighted by molar-refractivity contribution is 0.412. The predicted molar refractivity (Wildman–Crippen MR) is 84.3 cm³/mol. The maximum absolute atomic E-state index is 6.58. The highest BCUT2D eigenvalue weighted by atomic mass is 79.9. The molecule has 0 aliphatic rings. The highest BCUT2D eigenvalue weighted by Crippen LogP contribution is 2.34. The molecule has 0 saturated carbocycles. The summed E-state index contributed by atoms with van der Waals surface area (Å²) in [6.45, 7) is 4.17. The minimum Gasteiger partial charge on any atom is -0.496 e. The van der Waals surface area contributed by atoms with Gasteiger partial charge in [-0.25, -0.2) is 0 Å². The lowest BCUT2D eigenvalue weighted by atomic mass is 10.0. The van der Waals surface area contributed by atoms with Gasteiger partial charge >= 0.3 is 0 Å². The van der Waals surface area contributed by atoms with E-state index in [9.17, 15) is 0 Å². The molecule has 0 aliphatic carbocycles. The van der Waals surface area contributed by atoms with Crippen molar-refractivity contribution in [1.29, 1.82) is 0 Å². The van der Waals surface area contributed by atoms with Gasteiger partial charge in [0.15, 0.2) is 0 Å². The molecule has 2 aromatic rings. The monoisotopic (exact) mass is 338 g/mol. The van der Waals surface area contributed by atoms with Crippen molar-refractivity contribution >= 4 is 27.5 Å². The molecule has 1 atom stereocenters.